The first-order chi connectivity index (χ1) is 11.7. The van der Waals surface area contributed by atoms with Crippen LogP contribution >= 0.6 is 0 Å². The number of amides is 2. The third kappa shape index (κ3) is 5.86. The Kier molecular flexibility index (Phi) is 7.00. The third-order valence-electron chi connectivity index (χ3n) is 3.20. The van der Waals surface area contributed by atoms with Crippen molar-refractivity contribution in [2.75, 3.05) is 32.1 Å². The molecule has 7 heteroatoms. The summed E-state index contributed by atoms with van der Waals surface area (Å²) in [6.45, 7) is 1.69. The van der Waals surface area contributed by atoms with Crippen molar-refractivity contribution in [2.45, 2.75) is 6.54 Å². The number of hydrogen-bond donors (Lipinski definition) is 3. The summed E-state index contributed by atoms with van der Waals surface area (Å²) in [5, 5.41) is 8.47. The fraction of sp³-hybridized carbons (Fsp3) is 0.294. The van der Waals surface area contributed by atoms with E-state index in [1.165, 1.54) is 0 Å². The van der Waals surface area contributed by atoms with Gasteiger partial charge in [0.15, 0.2) is 0 Å². The predicted octanol–water partition coefficient (Wildman–Crippen LogP) is 1.38. The average Bonchev–Trinajstić information content (AvgIpc) is 3.11. The number of methoxy groups -OCH3 is 1. The molecule has 2 rings (SSSR count). The molecule has 0 aliphatic carbocycles. The lowest BCUT2D eigenvalue weighted by atomic mass is 10.2. The van der Waals surface area contributed by atoms with Gasteiger partial charge in [-0.3, -0.25) is 9.59 Å². The molecule has 1 heterocycles. The van der Waals surface area contributed by atoms with E-state index in [-0.39, 0.29) is 18.4 Å². The molecule has 24 heavy (non-hydrogen) atoms. The fourth-order valence-corrected chi connectivity index (χ4v) is 1.97. The molecule has 7 nitrogen and oxygen atoms in total. The van der Waals surface area contributed by atoms with Gasteiger partial charge in [-0.2, -0.15) is 0 Å². The zero-order valence-electron chi connectivity index (χ0n) is 13.5. The lowest BCUT2D eigenvalue weighted by Crippen LogP contribution is -2.30. The standard InChI is InChI=1S/C17H21N3O4/c1-23-10-8-18-12-16(21)20-14-6-4-13(5-7-14)17(22)19-11-15-3-2-9-24-15/h2-7,9,18H,8,10-12H2,1H3,(H,19,22)(H,20,21). The number of furan rings is 1. The Morgan fingerprint density at radius 2 is 1.96 bits per heavy atom. The van der Waals surface area contributed by atoms with Crippen molar-refractivity contribution in [1.82, 2.24) is 10.6 Å². The molecule has 0 radical (unpaired) electrons. The van der Waals surface area contributed by atoms with Crippen LogP contribution in [0.3, 0.4) is 0 Å². The quantitative estimate of drug-likeness (QED) is 0.604. The number of rotatable bonds is 9. The van der Waals surface area contributed by atoms with Gasteiger partial charge in [0.1, 0.15) is 5.76 Å². The molecule has 0 atom stereocenters. The minimum atomic E-state index is -0.203. The number of carbonyl (C=O) groups is 2. The molecule has 0 aliphatic heterocycles. The molecule has 1 aromatic carbocycles. The SMILES string of the molecule is COCCNCC(=O)Nc1ccc(C(=O)NCc2ccco2)cc1. The van der Waals surface area contributed by atoms with Crippen LogP contribution in [0.1, 0.15) is 16.1 Å². The first kappa shape index (κ1) is 17.7. The van der Waals surface area contributed by atoms with Gasteiger partial charge in [-0.25, -0.2) is 0 Å². The molecule has 3 N–H and O–H groups in total. The number of benzene rings is 1. The van der Waals surface area contributed by atoms with Crippen LogP contribution in [-0.4, -0.2) is 38.6 Å². The number of nitrogens with one attached hydrogen (secondary N) is 3. The van der Waals surface area contributed by atoms with E-state index in [4.69, 9.17) is 9.15 Å². The molecule has 0 saturated carbocycles. The zero-order valence-corrected chi connectivity index (χ0v) is 13.5. The number of ether oxygens (including phenoxy) is 1. The largest absolute Gasteiger partial charge is 0.467 e. The topological polar surface area (TPSA) is 92.6 Å². The Morgan fingerprint density at radius 3 is 2.62 bits per heavy atom. The van der Waals surface area contributed by atoms with Crippen molar-refractivity contribution in [1.29, 1.82) is 0 Å². The molecule has 0 bridgehead atoms. The Labute approximate surface area is 140 Å². The van der Waals surface area contributed by atoms with Crippen molar-refractivity contribution in [3.8, 4) is 0 Å². The Morgan fingerprint density at radius 1 is 1.17 bits per heavy atom. The van der Waals surface area contributed by atoms with E-state index in [1.807, 2.05) is 0 Å². The van der Waals surface area contributed by atoms with Gasteiger partial charge < -0.3 is 25.1 Å². The van der Waals surface area contributed by atoms with Crippen molar-refractivity contribution < 1.29 is 18.7 Å². The van der Waals surface area contributed by atoms with Crippen LogP contribution < -0.4 is 16.0 Å². The van der Waals surface area contributed by atoms with Crippen LogP contribution in [0.4, 0.5) is 5.69 Å². The van der Waals surface area contributed by atoms with Crippen molar-refractivity contribution in [2.24, 2.45) is 0 Å². The van der Waals surface area contributed by atoms with E-state index in [9.17, 15) is 9.59 Å². The molecule has 0 unspecified atom stereocenters. The molecule has 1 aromatic heterocycles. The second-order valence-corrected chi connectivity index (χ2v) is 5.06. The van der Waals surface area contributed by atoms with Crippen LogP contribution in [0.5, 0.6) is 0 Å². The second-order valence-electron chi connectivity index (χ2n) is 5.06. The highest BCUT2D eigenvalue weighted by atomic mass is 16.5. The van der Waals surface area contributed by atoms with Crippen molar-refractivity contribution in [3.05, 3.63) is 54.0 Å². The molecule has 2 amide bonds. The van der Waals surface area contributed by atoms with E-state index >= 15 is 0 Å². The zero-order chi connectivity index (χ0) is 17.2. The highest BCUT2D eigenvalue weighted by Crippen LogP contribution is 2.10. The fourth-order valence-electron chi connectivity index (χ4n) is 1.97. The summed E-state index contributed by atoms with van der Waals surface area (Å²) < 4.78 is 10.0. The van der Waals surface area contributed by atoms with E-state index in [1.54, 1.807) is 49.8 Å². The summed E-state index contributed by atoms with van der Waals surface area (Å²) in [5.41, 5.74) is 1.15. The predicted molar refractivity (Wildman–Crippen MR) is 89.7 cm³/mol. The van der Waals surface area contributed by atoms with Gasteiger partial charge in [0.25, 0.3) is 5.91 Å². The summed E-state index contributed by atoms with van der Waals surface area (Å²) in [7, 11) is 1.61. The third-order valence-corrected chi connectivity index (χ3v) is 3.20. The minimum absolute atomic E-state index is 0.152. The van der Waals surface area contributed by atoms with Gasteiger partial charge in [-0.05, 0) is 36.4 Å². The summed E-state index contributed by atoms with van der Waals surface area (Å²) in [5.74, 6) is 0.333. The van der Waals surface area contributed by atoms with E-state index < -0.39 is 0 Å². The lowest BCUT2D eigenvalue weighted by molar-refractivity contribution is -0.115. The monoisotopic (exact) mass is 331 g/mol. The Hall–Kier alpha value is -2.64. The number of hydrogen-bond acceptors (Lipinski definition) is 5. The van der Waals surface area contributed by atoms with E-state index in [0.29, 0.717) is 36.7 Å². The van der Waals surface area contributed by atoms with E-state index in [0.717, 1.165) is 0 Å². The second kappa shape index (κ2) is 9.49. The van der Waals surface area contributed by atoms with Gasteiger partial charge in [0.05, 0.1) is 26.0 Å². The smallest absolute Gasteiger partial charge is 0.251 e. The minimum Gasteiger partial charge on any atom is -0.467 e. The van der Waals surface area contributed by atoms with Crippen LogP contribution in [-0.2, 0) is 16.1 Å². The molecule has 0 aliphatic rings. The van der Waals surface area contributed by atoms with E-state index in [2.05, 4.69) is 16.0 Å². The normalized spacial score (nSPS) is 10.4. The molecule has 128 valence electrons. The lowest BCUT2D eigenvalue weighted by Gasteiger charge is -2.08. The van der Waals surface area contributed by atoms with Gasteiger partial charge >= 0.3 is 0 Å². The maximum absolute atomic E-state index is 12.0. The summed E-state index contributed by atoms with van der Waals surface area (Å²) >= 11 is 0. The van der Waals surface area contributed by atoms with Crippen LogP contribution in [0.2, 0.25) is 0 Å². The van der Waals surface area contributed by atoms with Gasteiger partial charge in [-0.15, -0.1) is 0 Å². The molecular formula is C17H21N3O4. The Bertz CT molecular complexity index is 638. The summed E-state index contributed by atoms with van der Waals surface area (Å²) in [4.78, 5) is 23.7. The molecule has 0 fully saturated rings. The van der Waals surface area contributed by atoms with Crippen LogP contribution in [0.15, 0.2) is 47.1 Å². The summed E-state index contributed by atoms with van der Waals surface area (Å²) in [6.07, 6.45) is 1.56. The maximum atomic E-state index is 12.0. The molecule has 0 saturated heterocycles. The highest BCUT2D eigenvalue weighted by Gasteiger charge is 2.07. The van der Waals surface area contributed by atoms with Gasteiger partial charge in [0, 0.05) is 24.9 Å². The maximum Gasteiger partial charge on any atom is 0.251 e. The molecular weight excluding hydrogens is 310 g/mol. The molecule has 0 spiro atoms. The van der Waals surface area contributed by atoms with Gasteiger partial charge in [-0.1, -0.05) is 0 Å². The van der Waals surface area contributed by atoms with Crippen molar-refractivity contribution >= 4 is 17.5 Å². The number of anilines is 1. The highest BCUT2D eigenvalue weighted by molar-refractivity contribution is 5.96. The molecule has 2 aromatic rings. The first-order valence-corrected chi connectivity index (χ1v) is 7.59. The summed E-state index contributed by atoms with van der Waals surface area (Å²) in [6, 6.07) is 10.3. The van der Waals surface area contributed by atoms with Gasteiger partial charge in [0.2, 0.25) is 5.91 Å². The average molecular weight is 331 g/mol. The van der Waals surface area contributed by atoms with Crippen LogP contribution in [0, 0.1) is 0 Å². The number of carbonyl (C=O) groups excluding carboxylic acids is 2. The Balaban J connectivity index is 1.77. The van der Waals surface area contributed by atoms with Crippen LogP contribution in [0.25, 0.3) is 0 Å². The van der Waals surface area contributed by atoms with Crippen molar-refractivity contribution in [3.63, 3.8) is 0 Å². The first-order valence-electron chi connectivity index (χ1n) is 7.59.